The zero-order chi connectivity index (χ0) is 9.99. The summed E-state index contributed by atoms with van der Waals surface area (Å²) in [6, 6.07) is 0. The van der Waals surface area contributed by atoms with Crippen molar-refractivity contribution in [2.24, 2.45) is 5.41 Å². The molecule has 0 heterocycles. The van der Waals surface area contributed by atoms with Crippen molar-refractivity contribution in [3.8, 4) is 0 Å². The van der Waals surface area contributed by atoms with Crippen LogP contribution in [0.15, 0.2) is 12.7 Å². The Morgan fingerprint density at radius 3 is 2.00 bits per heavy atom. The Labute approximate surface area is 71.8 Å². The van der Waals surface area contributed by atoms with Gasteiger partial charge in [-0.3, -0.25) is 0 Å². The standard InChI is InChI=1S/C8H16O4/c1-4-5-6(9)7(2,3)8(10,11)12/h4,6,9-12H,1,5H2,2-3H3. The highest BCUT2D eigenvalue weighted by Crippen LogP contribution is 2.32. The van der Waals surface area contributed by atoms with E-state index in [0.29, 0.717) is 0 Å². The van der Waals surface area contributed by atoms with Gasteiger partial charge in [-0.1, -0.05) is 6.08 Å². The molecule has 0 amide bonds. The molecule has 0 aliphatic rings. The second-order valence-corrected chi connectivity index (χ2v) is 3.40. The lowest BCUT2D eigenvalue weighted by Crippen LogP contribution is -2.51. The Kier molecular flexibility index (Phi) is 3.41. The van der Waals surface area contributed by atoms with E-state index in [1.807, 2.05) is 0 Å². The van der Waals surface area contributed by atoms with Crippen molar-refractivity contribution in [3.63, 3.8) is 0 Å². The fraction of sp³-hybridized carbons (Fsp3) is 0.750. The molecule has 0 spiro atoms. The highest BCUT2D eigenvalue weighted by Gasteiger charge is 2.45. The van der Waals surface area contributed by atoms with Gasteiger partial charge in [-0.05, 0) is 20.3 Å². The molecular weight excluding hydrogens is 160 g/mol. The third kappa shape index (κ3) is 2.28. The molecule has 0 aliphatic heterocycles. The molecular formula is C8H16O4. The first-order valence-electron chi connectivity index (χ1n) is 3.69. The molecule has 0 rings (SSSR count). The van der Waals surface area contributed by atoms with E-state index in [1.165, 1.54) is 19.9 Å². The molecule has 0 fully saturated rings. The first kappa shape index (κ1) is 11.6. The Balaban J connectivity index is 4.48. The smallest absolute Gasteiger partial charge is 0.283 e. The minimum absolute atomic E-state index is 0.191. The van der Waals surface area contributed by atoms with E-state index in [-0.39, 0.29) is 6.42 Å². The summed E-state index contributed by atoms with van der Waals surface area (Å²) in [5, 5.41) is 35.9. The zero-order valence-electron chi connectivity index (χ0n) is 7.36. The van der Waals surface area contributed by atoms with Gasteiger partial charge in [-0.2, -0.15) is 0 Å². The van der Waals surface area contributed by atoms with E-state index in [4.69, 9.17) is 15.3 Å². The molecule has 0 aromatic rings. The van der Waals surface area contributed by atoms with Crippen molar-refractivity contribution < 1.29 is 20.4 Å². The van der Waals surface area contributed by atoms with E-state index in [1.54, 1.807) is 0 Å². The summed E-state index contributed by atoms with van der Waals surface area (Å²) in [5.41, 5.74) is -1.40. The van der Waals surface area contributed by atoms with Crippen LogP contribution in [0.25, 0.3) is 0 Å². The van der Waals surface area contributed by atoms with Gasteiger partial charge in [0.25, 0.3) is 5.97 Å². The highest BCUT2D eigenvalue weighted by molar-refractivity contribution is 4.87. The molecule has 0 aliphatic carbocycles. The summed E-state index contributed by atoms with van der Waals surface area (Å²) in [6.07, 6.45) is 0.587. The normalized spacial score (nSPS) is 15.8. The Morgan fingerprint density at radius 1 is 1.33 bits per heavy atom. The second kappa shape index (κ2) is 3.53. The molecule has 0 radical (unpaired) electrons. The monoisotopic (exact) mass is 176 g/mol. The number of hydrogen-bond acceptors (Lipinski definition) is 4. The van der Waals surface area contributed by atoms with E-state index >= 15 is 0 Å². The van der Waals surface area contributed by atoms with E-state index < -0.39 is 17.5 Å². The summed E-state index contributed by atoms with van der Waals surface area (Å²) >= 11 is 0. The topological polar surface area (TPSA) is 80.9 Å². The minimum Gasteiger partial charge on any atom is -0.392 e. The van der Waals surface area contributed by atoms with Crippen LogP contribution in [0, 0.1) is 5.41 Å². The fourth-order valence-electron chi connectivity index (χ4n) is 0.676. The minimum atomic E-state index is -2.88. The quantitative estimate of drug-likeness (QED) is 0.346. The van der Waals surface area contributed by atoms with Crippen LogP contribution >= 0.6 is 0 Å². The number of aliphatic hydroxyl groups excluding tert-OH is 1. The van der Waals surface area contributed by atoms with E-state index in [2.05, 4.69) is 6.58 Å². The third-order valence-electron chi connectivity index (χ3n) is 2.09. The molecule has 0 saturated carbocycles. The molecule has 12 heavy (non-hydrogen) atoms. The molecule has 0 aromatic carbocycles. The Morgan fingerprint density at radius 2 is 1.75 bits per heavy atom. The van der Waals surface area contributed by atoms with Gasteiger partial charge in [-0.25, -0.2) is 0 Å². The molecule has 4 heteroatoms. The molecule has 1 atom stereocenters. The van der Waals surface area contributed by atoms with Crippen LogP contribution in [-0.4, -0.2) is 32.5 Å². The lowest BCUT2D eigenvalue weighted by Gasteiger charge is -2.36. The first-order chi connectivity index (χ1) is 5.23. The summed E-state index contributed by atoms with van der Waals surface area (Å²) in [5.74, 6) is -2.88. The SMILES string of the molecule is C=CCC(O)C(C)(C)C(O)(O)O. The van der Waals surface area contributed by atoms with Gasteiger partial charge < -0.3 is 20.4 Å². The van der Waals surface area contributed by atoms with Gasteiger partial charge in [0.1, 0.15) is 0 Å². The number of hydrogen-bond donors (Lipinski definition) is 4. The van der Waals surface area contributed by atoms with E-state index in [9.17, 15) is 5.11 Å². The lowest BCUT2D eigenvalue weighted by atomic mass is 9.82. The second-order valence-electron chi connectivity index (χ2n) is 3.40. The van der Waals surface area contributed by atoms with Crippen LogP contribution in [-0.2, 0) is 0 Å². The predicted octanol–water partition coefficient (Wildman–Crippen LogP) is -0.420. The Hall–Kier alpha value is -0.420. The molecule has 1 unspecified atom stereocenters. The van der Waals surface area contributed by atoms with Crippen LogP contribution in [0.1, 0.15) is 20.3 Å². The van der Waals surface area contributed by atoms with Gasteiger partial charge in [0.15, 0.2) is 0 Å². The molecule has 0 bridgehead atoms. The molecule has 0 aromatic heterocycles. The molecule has 0 saturated heterocycles. The van der Waals surface area contributed by atoms with Crippen molar-refractivity contribution in [1.82, 2.24) is 0 Å². The van der Waals surface area contributed by atoms with Crippen molar-refractivity contribution in [2.45, 2.75) is 32.3 Å². The van der Waals surface area contributed by atoms with Crippen molar-refractivity contribution in [3.05, 3.63) is 12.7 Å². The molecule has 4 nitrogen and oxygen atoms in total. The number of aliphatic hydroxyl groups is 4. The van der Waals surface area contributed by atoms with Crippen molar-refractivity contribution in [1.29, 1.82) is 0 Å². The van der Waals surface area contributed by atoms with Gasteiger partial charge in [0, 0.05) is 0 Å². The highest BCUT2D eigenvalue weighted by atomic mass is 16.7. The Bertz CT molecular complexity index is 157. The fourth-order valence-corrected chi connectivity index (χ4v) is 0.676. The van der Waals surface area contributed by atoms with Crippen LogP contribution in [0.4, 0.5) is 0 Å². The van der Waals surface area contributed by atoms with Crippen LogP contribution in [0.5, 0.6) is 0 Å². The summed E-state index contributed by atoms with van der Waals surface area (Å²) < 4.78 is 0. The molecule has 72 valence electrons. The van der Waals surface area contributed by atoms with Gasteiger partial charge in [-0.15, -0.1) is 6.58 Å². The third-order valence-corrected chi connectivity index (χ3v) is 2.09. The predicted molar refractivity (Wildman–Crippen MR) is 44.0 cm³/mol. The van der Waals surface area contributed by atoms with Gasteiger partial charge >= 0.3 is 0 Å². The van der Waals surface area contributed by atoms with Gasteiger partial charge in [0.05, 0.1) is 11.5 Å². The summed E-state index contributed by atoms with van der Waals surface area (Å²) in [6.45, 7) is 6.09. The zero-order valence-corrected chi connectivity index (χ0v) is 7.36. The maximum Gasteiger partial charge on any atom is 0.283 e. The van der Waals surface area contributed by atoms with Crippen molar-refractivity contribution >= 4 is 0 Å². The molecule has 4 N–H and O–H groups in total. The number of rotatable bonds is 4. The maximum absolute atomic E-state index is 9.36. The summed E-state index contributed by atoms with van der Waals surface area (Å²) in [4.78, 5) is 0. The maximum atomic E-state index is 9.36. The first-order valence-corrected chi connectivity index (χ1v) is 3.69. The largest absolute Gasteiger partial charge is 0.392 e. The van der Waals surface area contributed by atoms with Crippen LogP contribution in [0.3, 0.4) is 0 Å². The van der Waals surface area contributed by atoms with Crippen LogP contribution in [0.2, 0.25) is 0 Å². The average Bonchev–Trinajstić information content (AvgIpc) is 1.85. The lowest BCUT2D eigenvalue weighted by molar-refractivity contribution is -0.381. The summed E-state index contributed by atoms with van der Waals surface area (Å²) in [7, 11) is 0. The van der Waals surface area contributed by atoms with E-state index in [0.717, 1.165) is 0 Å². The van der Waals surface area contributed by atoms with Crippen LogP contribution < -0.4 is 0 Å². The van der Waals surface area contributed by atoms with Gasteiger partial charge in [0.2, 0.25) is 0 Å². The average molecular weight is 176 g/mol. The van der Waals surface area contributed by atoms with Crippen molar-refractivity contribution in [2.75, 3.05) is 0 Å².